The Morgan fingerprint density at radius 1 is 1.50 bits per heavy atom. The zero-order valence-electron chi connectivity index (χ0n) is 11.9. The molecular formula is C13H28ClN3O. The van der Waals surface area contributed by atoms with Crippen LogP contribution in [-0.2, 0) is 4.79 Å². The number of amides is 1. The van der Waals surface area contributed by atoms with Crippen LogP contribution >= 0.6 is 12.4 Å². The van der Waals surface area contributed by atoms with E-state index in [0.29, 0.717) is 6.04 Å². The van der Waals surface area contributed by atoms with E-state index < -0.39 is 0 Å². The lowest BCUT2D eigenvalue weighted by Crippen LogP contribution is -2.47. The van der Waals surface area contributed by atoms with Gasteiger partial charge in [-0.15, -0.1) is 12.4 Å². The summed E-state index contributed by atoms with van der Waals surface area (Å²) in [6, 6.07) is 0.212. The van der Waals surface area contributed by atoms with Gasteiger partial charge in [0, 0.05) is 19.6 Å². The summed E-state index contributed by atoms with van der Waals surface area (Å²) in [5.41, 5.74) is 5.87. The lowest BCUT2D eigenvalue weighted by molar-refractivity contribution is -0.132. The van der Waals surface area contributed by atoms with Gasteiger partial charge in [-0.25, -0.2) is 0 Å². The van der Waals surface area contributed by atoms with E-state index >= 15 is 0 Å². The van der Waals surface area contributed by atoms with Gasteiger partial charge < -0.3 is 10.6 Å². The zero-order chi connectivity index (χ0) is 12.8. The van der Waals surface area contributed by atoms with Gasteiger partial charge in [-0.3, -0.25) is 9.69 Å². The van der Waals surface area contributed by atoms with E-state index in [2.05, 4.69) is 18.7 Å². The van der Waals surface area contributed by atoms with Gasteiger partial charge >= 0.3 is 0 Å². The third-order valence-electron chi connectivity index (χ3n) is 3.68. The van der Waals surface area contributed by atoms with E-state index in [0.717, 1.165) is 25.9 Å². The van der Waals surface area contributed by atoms with Gasteiger partial charge in [-0.05, 0) is 32.4 Å². The van der Waals surface area contributed by atoms with Crippen molar-refractivity contribution in [3.8, 4) is 0 Å². The summed E-state index contributed by atoms with van der Waals surface area (Å²) in [5, 5.41) is 0. The highest BCUT2D eigenvalue weighted by Crippen LogP contribution is 2.17. The van der Waals surface area contributed by atoms with Gasteiger partial charge in [-0.1, -0.05) is 20.3 Å². The molecule has 2 N–H and O–H groups in total. The molecule has 1 aliphatic rings. The van der Waals surface area contributed by atoms with Crippen molar-refractivity contribution in [1.82, 2.24) is 9.80 Å². The highest BCUT2D eigenvalue weighted by Gasteiger charge is 2.26. The highest BCUT2D eigenvalue weighted by atomic mass is 35.5. The fourth-order valence-electron chi connectivity index (χ4n) is 2.64. The zero-order valence-corrected chi connectivity index (χ0v) is 12.7. The molecule has 0 aromatic carbocycles. The Bertz CT molecular complexity index is 250. The maximum absolute atomic E-state index is 12.0. The van der Waals surface area contributed by atoms with Crippen molar-refractivity contribution in [1.29, 1.82) is 0 Å². The number of hydrogen-bond donors (Lipinski definition) is 1. The lowest BCUT2D eigenvalue weighted by Gasteiger charge is -2.29. The monoisotopic (exact) mass is 277 g/mol. The average Bonchev–Trinajstić information content (AvgIpc) is 2.75. The lowest BCUT2D eigenvalue weighted by atomic mass is 10.1. The van der Waals surface area contributed by atoms with Crippen LogP contribution in [0.25, 0.3) is 0 Å². The molecule has 0 spiro atoms. The molecule has 1 aliphatic heterocycles. The van der Waals surface area contributed by atoms with Crippen molar-refractivity contribution in [2.45, 2.75) is 51.6 Å². The molecule has 1 amide bonds. The first-order chi connectivity index (χ1) is 8.10. The predicted molar refractivity (Wildman–Crippen MR) is 78.0 cm³/mol. The maximum Gasteiger partial charge on any atom is 0.239 e. The van der Waals surface area contributed by atoms with Gasteiger partial charge in [0.15, 0.2) is 0 Å². The first kappa shape index (κ1) is 17.7. The van der Waals surface area contributed by atoms with Gasteiger partial charge in [-0.2, -0.15) is 0 Å². The van der Waals surface area contributed by atoms with Crippen LogP contribution in [0.3, 0.4) is 0 Å². The second-order valence-electron chi connectivity index (χ2n) is 5.04. The van der Waals surface area contributed by atoms with E-state index in [1.54, 1.807) is 0 Å². The van der Waals surface area contributed by atoms with Crippen LogP contribution in [0.5, 0.6) is 0 Å². The molecule has 1 saturated heterocycles. The number of nitrogens with zero attached hydrogens (tertiary/aromatic N) is 2. The average molecular weight is 278 g/mol. The normalized spacial score (nSPS) is 21.4. The molecular weight excluding hydrogens is 250 g/mol. The molecule has 0 aliphatic carbocycles. The van der Waals surface area contributed by atoms with E-state index in [1.165, 1.54) is 19.4 Å². The van der Waals surface area contributed by atoms with Crippen molar-refractivity contribution in [2.75, 3.05) is 26.7 Å². The number of likely N-dealkylation sites (N-methyl/N-ethyl adjacent to an activating group) is 2. The van der Waals surface area contributed by atoms with Crippen LogP contribution in [0.15, 0.2) is 0 Å². The van der Waals surface area contributed by atoms with Crippen molar-refractivity contribution >= 4 is 18.3 Å². The SMILES string of the molecule is CCCC(N)C(=O)N(C)CC1CCCN1CC.Cl. The van der Waals surface area contributed by atoms with E-state index in [-0.39, 0.29) is 24.4 Å². The first-order valence-corrected chi connectivity index (χ1v) is 6.84. The van der Waals surface area contributed by atoms with E-state index in [4.69, 9.17) is 5.73 Å². The minimum Gasteiger partial charge on any atom is -0.343 e. The number of nitrogens with two attached hydrogens (primary N) is 1. The minimum atomic E-state index is -0.318. The largest absolute Gasteiger partial charge is 0.343 e. The summed E-state index contributed by atoms with van der Waals surface area (Å²) < 4.78 is 0. The smallest absolute Gasteiger partial charge is 0.239 e. The van der Waals surface area contributed by atoms with Crippen LogP contribution in [0.4, 0.5) is 0 Å². The molecule has 1 heterocycles. The Labute approximate surface area is 117 Å². The number of rotatable bonds is 6. The molecule has 5 heteroatoms. The van der Waals surface area contributed by atoms with Gasteiger partial charge in [0.2, 0.25) is 5.91 Å². The molecule has 0 bridgehead atoms. The summed E-state index contributed by atoms with van der Waals surface area (Å²) in [5.74, 6) is 0.0924. The molecule has 1 rings (SSSR count). The van der Waals surface area contributed by atoms with Crippen LogP contribution in [0.1, 0.15) is 39.5 Å². The van der Waals surface area contributed by atoms with Crippen molar-refractivity contribution in [2.24, 2.45) is 5.73 Å². The summed E-state index contributed by atoms with van der Waals surface area (Å²) in [6.07, 6.45) is 4.20. The quantitative estimate of drug-likeness (QED) is 0.800. The number of carbonyl (C=O) groups is 1. The van der Waals surface area contributed by atoms with Crippen molar-refractivity contribution in [3.05, 3.63) is 0 Å². The number of halogens is 1. The number of likely N-dealkylation sites (tertiary alicyclic amines) is 1. The van der Waals surface area contributed by atoms with Crippen LogP contribution < -0.4 is 5.73 Å². The fourth-order valence-corrected chi connectivity index (χ4v) is 2.64. The number of carbonyl (C=O) groups excluding carboxylic acids is 1. The van der Waals surface area contributed by atoms with Gasteiger partial charge in [0.1, 0.15) is 0 Å². The maximum atomic E-state index is 12.0. The Morgan fingerprint density at radius 2 is 2.17 bits per heavy atom. The Kier molecular flexibility index (Phi) is 8.57. The van der Waals surface area contributed by atoms with Crippen LogP contribution in [-0.4, -0.2) is 54.5 Å². The van der Waals surface area contributed by atoms with Crippen molar-refractivity contribution < 1.29 is 4.79 Å². The molecule has 0 saturated carbocycles. The third-order valence-corrected chi connectivity index (χ3v) is 3.68. The van der Waals surface area contributed by atoms with Crippen molar-refractivity contribution in [3.63, 3.8) is 0 Å². The molecule has 0 aromatic rings. The molecule has 2 atom stereocenters. The summed E-state index contributed by atoms with van der Waals surface area (Å²) >= 11 is 0. The number of hydrogen-bond acceptors (Lipinski definition) is 3. The molecule has 0 radical (unpaired) electrons. The summed E-state index contributed by atoms with van der Waals surface area (Å²) in [6.45, 7) is 7.31. The Balaban J connectivity index is 0.00000289. The molecule has 4 nitrogen and oxygen atoms in total. The highest BCUT2D eigenvalue weighted by molar-refractivity contribution is 5.85. The Morgan fingerprint density at radius 3 is 2.72 bits per heavy atom. The standard InChI is InChI=1S/C13H27N3O.ClH/c1-4-7-12(14)13(17)15(3)10-11-8-6-9-16(11)5-2;/h11-12H,4-10,14H2,1-3H3;1H. The van der Waals surface area contributed by atoms with E-state index in [9.17, 15) is 4.79 Å². The second kappa shape index (κ2) is 8.73. The molecule has 18 heavy (non-hydrogen) atoms. The molecule has 108 valence electrons. The predicted octanol–water partition coefficient (Wildman–Crippen LogP) is 1.48. The fraction of sp³-hybridized carbons (Fsp3) is 0.923. The minimum absolute atomic E-state index is 0. The van der Waals surface area contributed by atoms with E-state index in [1.807, 2.05) is 11.9 Å². The molecule has 0 aromatic heterocycles. The second-order valence-corrected chi connectivity index (χ2v) is 5.04. The summed E-state index contributed by atoms with van der Waals surface area (Å²) in [7, 11) is 1.88. The van der Waals surface area contributed by atoms with Gasteiger partial charge in [0.05, 0.1) is 6.04 Å². The third kappa shape index (κ3) is 4.75. The van der Waals surface area contributed by atoms with Gasteiger partial charge in [0.25, 0.3) is 0 Å². The van der Waals surface area contributed by atoms with Crippen LogP contribution in [0, 0.1) is 0 Å². The Hall–Kier alpha value is -0.320. The molecule has 1 fully saturated rings. The topological polar surface area (TPSA) is 49.6 Å². The molecule has 2 unspecified atom stereocenters. The first-order valence-electron chi connectivity index (χ1n) is 6.84. The summed E-state index contributed by atoms with van der Waals surface area (Å²) in [4.78, 5) is 16.3. The van der Waals surface area contributed by atoms with Crippen LogP contribution in [0.2, 0.25) is 0 Å².